The summed E-state index contributed by atoms with van der Waals surface area (Å²) in [5, 5.41) is 0. The van der Waals surface area contributed by atoms with Crippen LogP contribution in [0.1, 0.15) is 71.1 Å². The minimum absolute atomic E-state index is 1.10. The average molecular weight is 221 g/mol. The van der Waals surface area contributed by atoms with Crippen LogP contribution in [0, 0.1) is 6.92 Å². The monoisotopic (exact) mass is 221 g/mol. The Hall–Kier alpha value is -0.520. The molecule has 0 unspecified atom stereocenters. The summed E-state index contributed by atoms with van der Waals surface area (Å²) in [7, 11) is 0. The molecule has 0 rings (SSSR count). The first-order valence-corrected chi connectivity index (χ1v) is 7.02. The van der Waals surface area contributed by atoms with Crippen LogP contribution < -0.4 is 0 Å². The maximum absolute atomic E-state index is 3.86. The lowest BCUT2D eigenvalue weighted by molar-refractivity contribution is 0.599. The van der Waals surface area contributed by atoms with Crippen molar-refractivity contribution in [3.63, 3.8) is 0 Å². The Labute approximate surface area is 103 Å². The standard InChI is InChI=1S/C16H29/c1-3-5-7-9-11-13-15-16-14-12-10-8-6-4-2/h8,10,12,14H,1,3-7,9,11,13,15-16H2,2H3/b10-8+,14-12-. The molecule has 16 heavy (non-hydrogen) atoms. The van der Waals surface area contributed by atoms with E-state index in [9.17, 15) is 0 Å². The smallest absolute Gasteiger partial charge is 0.0348 e. The van der Waals surface area contributed by atoms with Crippen molar-refractivity contribution in [2.24, 2.45) is 0 Å². The molecule has 0 saturated carbocycles. The second-order valence-electron chi connectivity index (χ2n) is 4.41. The van der Waals surface area contributed by atoms with Gasteiger partial charge in [0.25, 0.3) is 0 Å². The summed E-state index contributed by atoms with van der Waals surface area (Å²) in [4.78, 5) is 0. The van der Waals surface area contributed by atoms with Gasteiger partial charge >= 0.3 is 0 Å². The van der Waals surface area contributed by atoms with Gasteiger partial charge in [-0.25, -0.2) is 0 Å². The first kappa shape index (κ1) is 15.5. The van der Waals surface area contributed by atoms with Crippen LogP contribution in [-0.2, 0) is 0 Å². The molecule has 0 aliphatic heterocycles. The first-order chi connectivity index (χ1) is 7.91. The summed E-state index contributed by atoms with van der Waals surface area (Å²) in [5.41, 5.74) is 0. The third kappa shape index (κ3) is 13.5. The zero-order valence-electron chi connectivity index (χ0n) is 11.1. The molecule has 1 radical (unpaired) electrons. The van der Waals surface area contributed by atoms with E-state index in [0.717, 1.165) is 6.42 Å². The van der Waals surface area contributed by atoms with Gasteiger partial charge in [0.2, 0.25) is 0 Å². The minimum atomic E-state index is 1.10. The lowest BCUT2D eigenvalue weighted by Gasteiger charge is -1.98. The molecular weight excluding hydrogens is 192 g/mol. The Kier molecular flexibility index (Phi) is 14.0. The van der Waals surface area contributed by atoms with Gasteiger partial charge in [-0.2, -0.15) is 0 Å². The Balaban J connectivity index is 3.08. The van der Waals surface area contributed by atoms with Crippen LogP contribution in [0.2, 0.25) is 0 Å². The summed E-state index contributed by atoms with van der Waals surface area (Å²) < 4.78 is 0. The van der Waals surface area contributed by atoms with Gasteiger partial charge in [0, 0.05) is 0 Å². The van der Waals surface area contributed by atoms with Crippen LogP contribution in [0.3, 0.4) is 0 Å². The molecular formula is C16H29. The van der Waals surface area contributed by atoms with Crippen molar-refractivity contribution in [3.05, 3.63) is 31.2 Å². The van der Waals surface area contributed by atoms with Crippen LogP contribution in [0.5, 0.6) is 0 Å². The average Bonchev–Trinajstić information content (AvgIpc) is 2.31. The fourth-order valence-corrected chi connectivity index (χ4v) is 1.66. The van der Waals surface area contributed by atoms with E-state index in [1.54, 1.807) is 0 Å². The second kappa shape index (κ2) is 14.5. The van der Waals surface area contributed by atoms with Gasteiger partial charge in [-0.05, 0) is 19.3 Å². The number of rotatable bonds is 11. The van der Waals surface area contributed by atoms with E-state index < -0.39 is 0 Å². The molecule has 0 aliphatic rings. The SMILES string of the molecule is [CH2]CCCCCCCC/C=C\C=C\CCC. The topological polar surface area (TPSA) is 0 Å². The minimum Gasteiger partial charge on any atom is -0.0846 e. The van der Waals surface area contributed by atoms with Crippen LogP contribution in [0.4, 0.5) is 0 Å². The molecule has 0 heterocycles. The predicted octanol–water partition coefficient (Wildman–Crippen LogP) is 5.85. The molecule has 0 aromatic carbocycles. The normalized spacial score (nSPS) is 11.9. The highest BCUT2D eigenvalue weighted by atomic mass is 13.9. The van der Waals surface area contributed by atoms with Crippen molar-refractivity contribution in [2.45, 2.75) is 71.1 Å². The maximum atomic E-state index is 3.86. The largest absolute Gasteiger partial charge is 0.0846 e. The van der Waals surface area contributed by atoms with Crippen molar-refractivity contribution in [1.29, 1.82) is 0 Å². The van der Waals surface area contributed by atoms with E-state index in [2.05, 4.69) is 38.2 Å². The molecule has 0 aliphatic carbocycles. The zero-order chi connectivity index (χ0) is 11.9. The summed E-state index contributed by atoms with van der Waals surface area (Å²) in [6.45, 7) is 6.07. The Morgan fingerprint density at radius 1 is 0.750 bits per heavy atom. The fraction of sp³-hybridized carbons (Fsp3) is 0.688. The van der Waals surface area contributed by atoms with E-state index in [0.29, 0.717) is 0 Å². The molecule has 0 spiro atoms. The molecule has 0 heteroatoms. The number of hydrogen-bond acceptors (Lipinski definition) is 0. The van der Waals surface area contributed by atoms with Crippen LogP contribution >= 0.6 is 0 Å². The summed E-state index contributed by atoms with van der Waals surface area (Å²) in [5.74, 6) is 0. The molecule has 0 aromatic rings. The van der Waals surface area contributed by atoms with Crippen LogP contribution in [0.15, 0.2) is 24.3 Å². The van der Waals surface area contributed by atoms with Gasteiger partial charge in [-0.3, -0.25) is 0 Å². The third-order valence-corrected chi connectivity index (χ3v) is 2.71. The number of hydrogen-bond donors (Lipinski definition) is 0. The van der Waals surface area contributed by atoms with Gasteiger partial charge in [-0.15, -0.1) is 0 Å². The van der Waals surface area contributed by atoms with E-state index in [1.165, 1.54) is 57.8 Å². The molecule has 0 saturated heterocycles. The van der Waals surface area contributed by atoms with E-state index >= 15 is 0 Å². The van der Waals surface area contributed by atoms with Crippen molar-refractivity contribution in [1.82, 2.24) is 0 Å². The first-order valence-electron chi connectivity index (χ1n) is 7.02. The van der Waals surface area contributed by atoms with E-state index in [1.807, 2.05) is 0 Å². The molecule has 93 valence electrons. The number of unbranched alkanes of at least 4 members (excludes halogenated alkanes) is 8. The summed E-state index contributed by atoms with van der Waals surface area (Å²) >= 11 is 0. The number of allylic oxidation sites excluding steroid dienone is 4. The van der Waals surface area contributed by atoms with Gasteiger partial charge in [-0.1, -0.05) is 83.1 Å². The zero-order valence-corrected chi connectivity index (χ0v) is 11.1. The quantitative estimate of drug-likeness (QED) is 0.303. The highest BCUT2D eigenvalue weighted by Crippen LogP contribution is 2.08. The Bertz CT molecular complexity index is 165. The summed E-state index contributed by atoms with van der Waals surface area (Å²) in [6.07, 6.45) is 21.9. The van der Waals surface area contributed by atoms with Crippen molar-refractivity contribution in [2.75, 3.05) is 0 Å². The highest BCUT2D eigenvalue weighted by molar-refractivity contribution is 5.02. The van der Waals surface area contributed by atoms with Crippen LogP contribution in [-0.4, -0.2) is 0 Å². The van der Waals surface area contributed by atoms with Gasteiger partial charge < -0.3 is 0 Å². The Morgan fingerprint density at radius 3 is 1.94 bits per heavy atom. The fourth-order valence-electron chi connectivity index (χ4n) is 1.66. The summed E-state index contributed by atoms with van der Waals surface area (Å²) in [6, 6.07) is 0. The van der Waals surface area contributed by atoms with Gasteiger partial charge in [0.1, 0.15) is 0 Å². The maximum Gasteiger partial charge on any atom is -0.0348 e. The van der Waals surface area contributed by atoms with E-state index in [4.69, 9.17) is 0 Å². The third-order valence-electron chi connectivity index (χ3n) is 2.71. The molecule has 0 aromatic heterocycles. The van der Waals surface area contributed by atoms with Crippen LogP contribution in [0.25, 0.3) is 0 Å². The molecule has 0 fully saturated rings. The highest BCUT2D eigenvalue weighted by Gasteiger charge is 1.88. The lowest BCUT2D eigenvalue weighted by Crippen LogP contribution is -1.78. The molecule has 0 nitrogen and oxygen atoms in total. The van der Waals surface area contributed by atoms with Gasteiger partial charge in [0.15, 0.2) is 0 Å². The lowest BCUT2D eigenvalue weighted by atomic mass is 10.1. The predicted molar refractivity (Wildman–Crippen MR) is 75.5 cm³/mol. The van der Waals surface area contributed by atoms with E-state index in [-0.39, 0.29) is 0 Å². The molecule has 0 atom stereocenters. The Morgan fingerprint density at radius 2 is 1.31 bits per heavy atom. The van der Waals surface area contributed by atoms with Crippen molar-refractivity contribution < 1.29 is 0 Å². The second-order valence-corrected chi connectivity index (χ2v) is 4.41. The van der Waals surface area contributed by atoms with Crippen molar-refractivity contribution >= 4 is 0 Å². The van der Waals surface area contributed by atoms with Gasteiger partial charge in [0.05, 0.1) is 0 Å². The van der Waals surface area contributed by atoms with Crippen molar-refractivity contribution in [3.8, 4) is 0 Å². The molecule has 0 amide bonds. The molecule has 0 bridgehead atoms. The molecule has 0 N–H and O–H groups in total.